The fourth-order valence-corrected chi connectivity index (χ4v) is 4.40. The van der Waals surface area contributed by atoms with Gasteiger partial charge in [-0.15, -0.1) is 11.3 Å². The first-order chi connectivity index (χ1) is 13.3. The molecule has 0 spiro atoms. The Kier molecular flexibility index (Phi) is 6.09. The van der Waals surface area contributed by atoms with Crippen LogP contribution in [0.1, 0.15) is 0 Å². The highest BCUT2D eigenvalue weighted by Crippen LogP contribution is 2.25. The molecule has 0 saturated heterocycles. The van der Waals surface area contributed by atoms with Gasteiger partial charge in [0.2, 0.25) is 15.9 Å². The standard InChI is InChI=1S/C18H15ClFN3O3S2/c1-23(28(25,26)16-6-5-13(19)10-15(16)20)11-17(24)22-14-4-2-3-12(9-14)18-21-7-8-27-18/h2-10H,11H2,1H3,(H,22,24). The van der Waals surface area contributed by atoms with Crippen LogP contribution in [-0.2, 0) is 14.8 Å². The minimum Gasteiger partial charge on any atom is -0.325 e. The summed E-state index contributed by atoms with van der Waals surface area (Å²) in [5, 5.41) is 5.36. The predicted octanol–water partition coefficient (Wildman–Crippen LogP) is 3.86. The van der Waals surface area contributed by atoms with E-state index in [9.17, 15) is 17.6 Å². The van der Waals surface area contributed by atoms with E-state index in [4.69, 9.17) is 11.6 Å². The number of nitrogens with one attached hydrogen (secondary N) is 1. The Morgan fingerprint density at radius 2 is 2.07 bits per heavy atom. The summed E-state index contributed by atoms with van der Waals surface area (Å²) in [7, 11) is -2.98. The third kappa shape index (κ3) is 4.56. The lowest BCUT2D eigenvalue weighted by Gasteiger charge is -2.17. The quantitative estimate of drug-likeness (QED) is 0.632. The summed E-state index contributed by atoms with van der Waals surface area (Å²) in [6, 6.07) is 10.3. The van der Waals surface area contributed by atoms with E-state index < -0.39 is 33.2 Å². The Bertz CT molecular complexity index is 1110. The van der Waals surface area contributed by atoms with E-state index in [0.29, 0.717) is 5.69 Å². The van der Waals surface area contributed by atoms with Crippen molar-refractivity contribution in [3.63, 3.8) is 0 Å². The number of aromatic nitrogens is 1. The number of likely N-dealkylation sites (N-methyl/N-ethyl adjacent to an activating group) is 1. The number of hydrogen-bond donors (Lipinski definition) is 1. The average molecular weight is 440 g/mol. The predicted molar refractivity (Wildman–Crippen MR) is 107 cm³/mol. The van der Waals surface area contributed by atoms with Gasteiger partial charge in [0.05, 0.1) is 6.54 Å². The summed E-state index contributed by atoms with van der Waals surface area (Å²) >= 11 is 7.12. The van der Waals surface area contributed by atoms with Gasteiger partial charge in [0.25, 0.3) is 0 Å². The maximum atomic E-state index is 14.0. The molecule has 1 N–H and O–H groups in total. The number of rotatable bonds is 6. The first-order valence-electron chi connectivity index (χ1n) is 7.98. The van der Waals surface area contributed by atoms with Crippen molar-refractivity contribution in [1.82, 2.24) is 9.29 Å². The smallest absolute Gasteiger partial charge is 0.246 e. The van der Waals surface area contributed by atoms with Crippen LogP contribution in [0.5, 0.6) is 0 Å². The van der Waals surface area contributed by atoms with Crippen LogP contribution in [0.3, 0.4) is 0 Å². The number of carbonyl (C=O) groups is 1. The maximum Gasteiger partial charge on any atom is 0.246 e. The van der Waals surface area contributed by atoms with E-state index in [0.717, 1.165) is 27.0 Å². The molecule has 10 heteroatoms. The van der Waals surface area contributed by atoms with Crippen LogP contribution in [0.15, 0.2) is 58.9 Å². The maximum absolute atomic E-state index is 14.0. The van der Waals surface area contributed by atoms with Gasteiger partial charge >= 0.3 is 0 Å². The van der Waals surface area contributed by atoms with Crippen molar-refractivity contribution < 1.29 is 17.6 Å². The van der Waals surface area contributed by atoms with Crippen molar-refractivity contribution in [2.45, 2.75) is 4.90 Å². The van der Waals surface area contributed by atoms with Gasteiger partial charge in [-0.25, -0.2) is 17.8 Å². The fourth-order valence-electron chi connectivity index (χ4n) is 2.44. The number of nitrogens with zero attached hydrogens (tertiary/aromatic N) is 2. The van der Waals surface area contributed by atoms with Gasteiger partial charge < -0.3 is 5.32 Å². The molecule has 6 nitrogen and oxygen atoms in total. The molecule has 2 aromatic carbocycles. The third-order valence-electron chi connectivity index (χ3n) is 3.77. The number of halogens is 2. The van der Waals surface area contributed by atoms with Gasteiger partial charge in [-0.2, -0.15) is 4.31 Å². The van der Waals surface area contributed by atoms with Crippen LogP contribution in [-0.4, -0.2) is 37.2 Å². The van der Waals surface area contributed by atoms with E-state index >= 15 is 0 Å². The summed E-state index contributed by atoms with van der Waals surface area (Å²) in [6.45, 7) is -0.480. The van der Waals surface area contributed by atoms with Gasteiger partial charge in [-0.3, -0.25) is 4.79 Å². The molecule has 0 aliphatic carbocycles. The van der Waals surface area contributed by atoms with Gasteiger partial charge in [0.15, 0.2) is 0 Å². The molecular formula is C18H15ClFN3O3S2. The summed E-state index contributed by atoms with van der Waals surface area (Å²) in [4.78, 5) is 16.0. The molecule has 0 radical (unpaired) electrons. The molecule has 0 atom stereocenters. The molecule has 1 heterocycles. The largest absolute Gasteiger partial charge is 0.325 e. The van der Waals surface area contributed by atoms with Crippen LogP contribution in [0, 0.1) is 5.82 Å². The van der Waals surface area contributed by atoms with E-state index in [2.05, 4.69) is 10.3 Å². The van der Waals surface area contributed by atoms with Crippen molar-refractivity contribution in [2.24, 2.45) is 0 Å². The topological polar surface area (TPSA) is 79.4 Å². The number of benzene rings is 2. The average Bonchev–Trinajstić information content (AvgIpc) is 3.16. The second-order valence-electron chi connectivity index (χ2n) is 5.80. The third-order valence-corrected chi connectivity index (χ3v) is 6.67. The van der Waals surface area contributed by atoms with Crippen LogP contribution >= 0.6 is 22.9 Å². The van der Waals surface area contributed by atoms with E-state index in [1.54, 1.807) is 24.4 Å². The zero-order chi connectivity index (χ0) is 20.3. The van der Waals surface area contributed by atoms with Gasteiger partial charge in [0, 0.05) is 34.9 Å². The van der Waals surface area contributed by atoms with Gasteiger partial charge in [-0.1, -0.05) is 23.7 Å². The Hall–Kier alpha value is -2.33. The number of thiazole rings is 1. The molecule has 3 aromatic rings. The van der Waals surface area contributed by atoms with Gasteiger partial charge in [0.1, 0.15) is 15.7 Å². The number of amides is 1. The Morgan fingerprint density at radius 1 is 1.29 bits per heavy atom. The molecule has 0 fully saturated rings. The SMILES string of the molecule is CN(CC(=O)Nc1cccc(-c2nccs2)c1)S(=O)(=O)c1ccc(Cl)cc1F. The molecule has 0 saturated carbocycles. The molecular weight excluding hydrogens is 425 g/mol. The lowest BCUT2D eigenvalue weighted by molar-refractivity contribution is -0.116. The zero-order valence-electron chi connectivity index (χ0n) is 14.6. The molecule has 1 amide bonds. The van der Waals surface area contributed by atoms with E-state index in [-0.39, 0.29) is 5.02 Å². The lowest BCUT2D eigenvalue weighted by atomic mass is 10.2. The van der Waals surface area contributed by atoms with Crippen molar-refractivity contribution >= 4 is 44.6 Å². The number of hydrogen-bond acceptors (Lipinski definition) is 5. The highest BCUT2D eigenvalue weighted by molar-refractivity contribution is 7.89. The minimum atomic E-state index is -4.19. The minimum absolute atomic E-state index is 0.0805. The molecule has 28 heavy (non-hydrogen) atoms. The summed E-state index contributed by atoms with van der Waals surface area (Å²) in [5.74, 6) is -1.53. The van der Waals surface area contributed by atoms with Gasteiger partial charge in [-0.05, 0) is 30.3 Å². The van der Waals surface area contributed by atoms with Crippen LogP contribution in [0.25, 0.3) is 10.6 Å². The molecule has 146 valence electrons. The molecule has 3 rings (SSSR count). The summed E-state index contributed by atoms with van der Waals surface area (Å²) in [6.07, 6.45) is 1.68. The van der Waals surface area contributed by atoms with Crippen molar-refractivity contribution in [1.29, 1.82) is 0 Å². The second kappa shape index (κ2) is 8.36. The fraction of sp³-hybridized carbons (Fsp3) is 0.111. The molecule has 0 aliphatic heterocycles. The molecule has 0 aliphatic rings. The zero-order valence-corrected chi connectivity index (χ0v) is 17.0. The summed E-state index contributed by atoms with van der Waals surface area (Å²) < 4.78 is 39.8. The highest BCUT2D eigenvalue weighted by atomic mass is 35.5. The van der Waals surface area contributed by atoms with Crippen LogP contribution in [0.2, 0.25) is 5.02 Å². The van der Waals surface area contributed by atoms with E-state index in [1.165, 1.54) is 24.5 Å². The van der Waals surface area contributed by atoms with Crippen molar-refractivity contribution in [3.8, 4) is 10.6 Å². The Labute approximate surface area is 170 Å². The van der Waals surface area contributed by atoms with Crippen molar-refractivity contribution in [2.75, 3.05) is 18.9 Å². The highest BCUT2D eigenvalue weighted by Gasteiger charge is 2.26. The molecule has 0 unspecified atom stereocenters. The van der Waals surface area contributed by atoms with Crippen LogP contribution < -0.4 is 5.32 Å². The normalized spacial score (nSPS) is 11.6. The first kappa shape index (κ1) is 20.4. The molecule has 1 aromatic heterocycles. The number of anilines is 1. The monoisotopic (exact) mass is 439 g/mol. The van der Waals surface area contributed by atoms with Crippen LogP contribution in [0.4, 0.5) is 10.1 Å². The summed E-state index contributed by atoms with van der Waals surface area (Å²) in [5.41, 5.74) is 1.33. The number of sulfonamides is 1. The number of carbonyl (C=O) groups excluding carboxylic acids is 1. The van der Waals surface area contributed by atoms with E-state index in [1.807, 2.05) is 11.4 Å². The molecule has 0 bridgehead atoms. The Morgan fingerprint density at radius 3 is 2.75 bits per heavy atom. The first-order valence-corrected chi connectivity index (χ1v) is 10.7. The Balaban J connectivity index is 1.71. The van der Waals surface area contributed by atoms with Crippen molar-refractivity contribution in [3.05, 3.63) is 64.9 Å². The lowest BCUT2D eigenvalue weighted by Crippen LogP contribution is -2.35. The second-order valence-corrected chi connectivity index (χ2v) is 9.15.